The Balaban J connectivity index is 0.00000145. The highest BCUT2D eigenvalue weighted by Gasteiger charge is 2.12. The van der Waals surface area contributed by atoms with Gasteiger partial charge in [-0.2, -0.15) is 0 Å². The van der Waals surface area contributed by atoms with Crippen molar-refractivity contribution in [2.75, 3.05) is 11.9 Å². The van der Waals surface area contributed by atoms with E-state index >= 15 is 0 Å². The Morgan fingerprint density at radius 2 is 2.00 bits per heavy atom. The minimum absolute atomic E-state index is 0.156. The molecule has 2 aromatic rings. The van der Waals surface area contributed by atoms with Crippen LogP contribution in [0.1, 0.15) is 38.4 Å². The number of hydrogen-bond acceptors (Lipinski definition) is 6. The summed E-state index contributed by atoms with van der Waals surface area (Å²) in [5.41, 5.74) is 9.43. The highest BCUT2D eigenvalue weighted by Crippen LogP contribution is 2.23. The molecule has 0 unspecified atom stereocenters. The zero-order chi connectivity index (χ0) is 21.1. The van der Waals surface area contributed by atoms with E-state index in [1.807, 2.05) is 69.3 Å². The first kappa shape index (κ1) is 21.9. The van der Waals surface area contributed by atoms with E-state index in [-0.39, 0.29) is 12.6 Å². The molecule has 0 bridgehead atoms. The number of benzene rings is 1. The van der Waals surface area contributed by atoms with Crippen LogP contribution >= 0.6 is 0 Å². The average molecular weight is 396 g/mol. The Labute approximate surface area is 172 Å². The van der Waals surface area contributed by atoms with Crippen molar-refractivity contribution >= 4 is 17.6 Å². The molecule has 1 atom stereocenters. The quantitative estimate of drug-likeness (QED) is 0.658. The highest BCUT2D eigenvalue weighted by atomic mass is 16.5. The number of aromatic nitrogens is 2. The Morgan fingerprint density at radius 3 is 2.69 bits per heavy atom. The molecule has 154 valence electrons. The first-order valence-electron chi connectivity index (χ1n) is 9.81. The van der Waals surface area contributed by atoms with Crippen molar-refractivity contribution in [2.45, 2.75) is 39.8 Å². The maximum absolute atomic E-state index is 11.9. The van der Waals surface area contributed by atoms with Gasteiger partial charge in [0.1, 0.15) is 6.61 Å². The van der Waals surface area contributed by atoms with Gasteiger partial charge in [-0.15, -0.1) is 0 Å². The number of carbonyl (C=O) groups excluding carboxylic acids is 1. The van der Waals surface area contributed by atoms with Crippen molar-refractivity contribution in [3.8, 4) is 0 Å². The lowest BCUT2D eigenvalue weighted by atomic mass is 10.2. The van der Waals surface area contributed by atoms with Crippen LogP contribution in [0, 0.1) is 0 Å². The number of allylic oxidation sites excluding steroid dienone is 3. The van der Waals surface area contributed by atoms with Crippen LogP contribution in [-0.4, -0.2) is 28.6 Å². The molecule has 1 aliphatic rings. The van der Waals surface area contributed by atoms with Gasteiger partial charge in [-0.05, 0) is 18.6 Å². The largest absolute Gasteiger partial charge is 0.445 e. The smallest absolute Gasteiger partial charge is 0.407 e. The molecule has 3 rings (SSSR count). The van der Waals surface area contributed by atoms with E-state index in [4.69, 9.17) is 10.5 Å². The summed E-state index contributed by atoms with van der Waals surface area (Å²) < 4.78 is 5.21. The molecule has 4 N–H and O–H groups in total. The Hall–Kier alpha value is -3.35. The summed E-state index contributed by atoms with van der Waals surface area (Å²) >= 11 is 0. The SMILES string of the molecule is CC.C[C@H](CNc1nccc(C2=C(N)CC=C2)n1)NC(=O)OCc1ccccc1. The molecule has 1 aliphatic carbocycles. The Kier molecular flexibility index (Phi) is 8.69. The molecular weight excluding hydrogens is 366 g/mol. The molecule has 0 fully saturated rings. The van der Waals surface area contributed by atoms with E-state index < -0.39 is 6.09 Å². The van der Waals surface area contributed by atoms with E-state index in [1.165, 1.54) is 0 Å². The van der Waals surface area contributed by atoms with Gasteiger partial charge in [-0.1, -0.05) is 56.3 Å². The normalized spacial score (nSPS) is 13.3. The predicted octanol–water partition coefficient (Wildman–Crippen LogP) is 3.86. The van der Waals surface area contributed by atoms with Crippen LogP contribution < -0.4 is 16.4 Å². The molecular formula is C22H29N5O2. The number of nitrogens with two attached hydrogens (primary N) is 1. The maximum Gasteiger partial charge on any atom is 0.407 e. The number of hydrogen-bond donors (Lipinski definition) is 3. The van der Waals surface area contributed by atoms with Gasteiger partial charge in [-0.25, -0.2) is 14.8 Å². The summed E-state index contributed by atoms with van der Waals surface area (Å²) in [6, 6.07) is 11.2. The molecule has 0 saturated heterocycles. The molecule has 1 amide bonds. The van der Waals surface area contributed by atoms with Gasteiger partial charge in [0.2, 0.25) is 5.95 Å². The number of rotatable bonds is 7. The molecule has 7 nitrogen and oxygen atoms in total. The second kappa shape index (κ2) is 11.5. The molecule has 0 saturated carbocycles. The van der Waals surface area contributed by atoms with Crippen LogP contribution in [0.2, 0.25) is 0 Å². The van der Waals surface area contributed by atoms with Crippen molar-refractivity contribution in [1.29, 1.82) is 0 Å². The van der Waals surface area contributed by atoms with Crippen molar-refractivity contribution in [3.05, 3.63) is 71.7 Å². The number of ether oxygens (including phenoxy) is 1. The topological polar surface area (TPSA) is 102 Å². The number of alkyl carbamates (subject to hydrolysis) is 1. The van der Waals surface area contributed by atoms with Gasteiger partial charge in [-0.3, -0.25) is 0 Å². The number of anilines is 1. The van der Waals surface area contributed by atoms with Gasteiger partial charge < -0.3 is 21.1 Å². The number of nitrogens with zero attached hydrogens (tertiary/aromatic N) is 2. The van der Waals surface area contributed by atoms with Crippen molar-refractivity contribution in [1.82, 2.24) is 15.3 Å². The van der Waals surface area contributed by atoms with Crippen LogP contribution in [0.4, 0.5) is 10.7 Å². The monoisotopic (exact) mass is 395 g/mol. The predicted molar refractivity (Wildman–Crippen MR) is 116 cm³/mol. The second-order valence-corrected chi connectivity index (χ2v) is 6.30. The van der Waals surface area contributed by atoms with Gasteiger partial charge in [0.15, 0.2) is 0 Å². The highest BCUT2D eigenvalue weighted by molar-refractivity contribution is 5.77. The fraction of sp³-hybridized carbons (Fsp3) is 0.318. The minimum Gasteiger partial charge on any atom is -0.445 e. The van der Waals surface area contributed by atoms with Crippen LogP contribution in [0.3, 0.4) is 0 Å². The van der Waals surface area contributed by atoms with E-state index in [2.05, 4.69) is 20.6 Å². The van der Waals surface area contributed by atoms with Crippen LogP contribution in [0.15, 0.2) is 60.4 Å². The van der Waals surface area contributed by atoms with Crippen molar-refractivity contribution in [3.63, 3.8) is 0 Å². The van der Waals surface area contributed by atoms with E-state index in [0.717, 1.165) is 28.9 Å². The first-order valence-corrected chi connectivity index (χ1v) is 9.81. The summed E-state index contributed by atoms with van der Waals surface area (Å²) in [7, 11) is 0. The lowest BCUT2D eigenvalue weighted by Crippen LogP contribution is -2.37. The fourth-order valence-corrected chi connectivity index (χ4v) is 2.63. The molecule has 7 heteroatoms. The third kappa shape index (κ3) is 6.95. The summed E-state index contributed by atoms with van der Waals surface area (Å²) in [6.45, 7) is 6.58. The number of amides is 1. The van der Waals surface area contributed by atoms with E-state index in [9.17, 15) is 4.79 Å². The lowest BCUT2D eigenvalue weighted by Gasteiger charge is -2.15. The average Bonchev–Trinajstić information content (AvgIpc) is 3.19. The van der Waals surface area contributed by atoms with Gasteiger partial charge in [0, 0.05) is 36.5 Å². The Bertz CT molecular complexity index is 849. The molecule has 1 aromatic carbocycles. The van der Waals surface area contributed by atoms with Crippen LogP contribution in [-0.2, 0) is 11.3 Å². The third-order valence-electron chi connectivity index (χ3n) is 4.04. The standard InChI is InChI=1S/C20H23N5O2.C2H6/c1-14(24-20(26)27-13-15-6-3-2-4-7-15)12-23-19-22-11-10-18(25-19)16-8-5-9-17(16)21;1-2/h2-8,10-11,14H,9,12-13,21H2,1H3,(H,24,26)(H,22,23,25);1-2H3/t14-;/m1./s1. The fourth-order valence-electron chi connectivity index (χ4n) is 2.63. The molecule has 29 heavy (non-hydrogen) atoms. The van der Waals surface area contributed by atoms with Gasteiger partial charge >= 0.3 is 6.09 Å². The van der Waals surface area contributed by atoms with Crippen LogP contribution in [0.5, 0.6) is 0 Å². The zero-order valence-electron chi connectivity index (χ0n) is 17.2. The molecule has 1 aromatic heterocycles. The van der Waals surface area contributed by atoms with Crippen LogP contribution in [0.25, 0.3) is 5.57 Å². The van der Waals surface area contributed by atoms with E-state index in [1.54, 1.807) is 6.20 Å². The van der Waals surface area contributed by atoms with Crippen molar-refractivity contribution in [2.24, 2.45) is 5.73 Å². The summed E-state index contributed by atoms with van der Waals surface area (Å²) in [6.07, 6.45) is 5.94. The summed E-state index contributed by atoms with van der Waals surface area (Å²) in [5.74, 6) is 0.486. The molecule has 0 aliphatic heterocycles. The third-order valence-corrected chi connectivity index (χ3v) is 4.04. The lowest BCUT2D eigenvalue weighted by molar-refractivity contribution is 0.137. The second-order valence-electron chi connectivity index (χ2n) is 6.30. The van der Waals surface area contributed by atoms with Crippen molar-refractivity contribution < 1.29 is 9.53 Å². The first-order chi connectivity index (χ1) is 14.1. The Morgan fingerprint density at radius 1 is 1.24 bits per heavy atom. The number of nitrogens with one attached hydrogen (secondary N) is 2. The minimum atomic E-state index is -0.461. The summed E-state index contributed by atoms with van der Waals surface area (Å²) in [4.78, 5) is 20.6. The maximum atomic E-state index is 11.9. The molecule has 0 spiro atoms. The zero-order valence-corrected chi connectivity index (χ0v) is 17.2. The summed E-state index contributed by atoms with van der Waals surface area (Å²) in [5, 5.41) is 5.90. The van der Waals surface area contributed by atoms with E-state index in [0.29, 0.717) is 12.5 Å². The molecule has 1 heterocycles. The molecule has 0 radical (unpaired) electrons. The number of carbonyl (C=O) groups is 1. The van der Waals surface area contributed by atoms with Gasteiger partial charge in [0.25, 0.3) is 0 Å². The van der Waals surface area contributed by atoms with Gasteiger partial charge in [0.05, 0.1) is 5.69 Å².